The van der Waals surface area contributed by atoms with E-state index >= 15 is 0 Å². The van der Waals surface area contributed by atoms with Crippen molar-refractivity contribution >= 4 is 33.2 Å². The molecule has 0 saturated carbocycles. The molecule has 1 aromatic rings. The minimum atomic E-state index is 0.159. The monoisotopic (exact) mass is 319 g/mol. The molecule has 2 unspecified atom stereocenters. The fraction of sp³-hybridized carbons (Fsp3) is 0.500. The molecule has 2 N–H and O–H groups in total. The number of nitrogens with two attached hydrogens (primary N) is 1. The Morgan fingerprint density at radius 1 is 1.53 bits per heavy atom. The van der Waals surface area contributed by atoms with Gasteiger partial charge in [-0.25, -0.2) is 0 Å². The third kappa shape index (κ3) is 3.27. The van der Waals surface area contributed by atoms with Gasteiger partial charge in [0.25, 0.3) is 0 Å². The van der Waals surface area contributed by atoms with Crippen LogP contribution in [0, 0.1) is 0 Å². The molecule has 0 radical (unpaired) electrons. The van der Waals surface area contributed by atoms with E-state index in [1.807, 2.05) is 0 Å². The molecule has 1 heterocycles. The summed E-state index contributed by atoms with van der Waals surface area (Å²) in [5, 5.41) is 0.590. The number of nitrogen functional groups attached to an aromatic ring is 1. The minimum Gasteiger partial charge on any atom is -0.488 e. The number of hydrogen-bond acceptors (Lipinski definition) is 3. The Kier molecular flexibility index (Phi) is 4.17. The Balaban J connectivity index is 1.99. The highest BCUT2D eigenvalue weighted by molar-refractivity contribution is 9.10. The molecule has 1 aromatic carbocycles. The van der Waals surface area contributed by atoms with Gasteiger partial charge in [0.2, 0.25) is 0 Å². The molecule has 2 rings (SSSR count). The van der Waals surface area contributed by atoms with Crippen molar-refractivity contribution in [1.82, 2.24) is 0 Å². The fourth-order valence-electron chi connectivity index (χ4n) is 1.92. The molecule has 1 aliphatic heterocycles. The number of benzene rings is 1. The molecule has 1 aliphatic rings. The molecular formula is C12H15BrClNO2. The van der Waals surface area contributed by atoms with E-state index in [1.54, 1.807) is 12.1 Å². The summed E-state index contributed by atoms with van der Waals surface area (Å²) in [6.07, 6.45) is 2.61. The summed E-state index contributed by atoms with van der Waals surface area (Å²) in [4.78, 5) is 0. The summed E-state index contributed by atoms with van der Waals surface area (Å²) in [5.74, 6) is 0.637. The van der Waals surface area contributed by atoms with Gasteiger partial charge in [0.15, 0.2) is 5.75 Å². The van der Waals surface area contributed by atoms with Crippen LogP contribution in [0.15, 0.2) is 16.6 Å². The van der Waals surface area contributed by atoms with E-state index < -0.39 is 0 Å². The first-order valence-corrected chi connectivity index (χ1v) is 6.76. The Labute approximate surface area is 114 Å². The molecule has 17 heavy (non-hydrogen) atoms. The maximum absolute atomic E-state index is 5.88. The van der Waals surface area contributed by atoms with E-state index in [4.69, 9.17) is 26.8 Å². The average Bonchev–Trinajstić information content (AvgIpc) is 2.62. The highest BCUT2D eigenvalue weighted by Crippen LogP contribution is 2.35. The zero-order valence-corrected chi connectivity index (χ0v) is 11.9. The standard InChI is InChI=1S/C12H15BrClNO2/c1-7-2-3-9(17-7)6-16-12-10(13)4-8(14)5-11(12)15/h4-5,7,9H,2-3,6,15H2,1H3. The first-order valence-electron chi connectivity index (χ1n) is 5.59. The van der Waals surface area contributed by atoms with E-state index in [0.717, 1.165) is 17.3 Å². The van der Waals surface area contributed by atoms with Gasteiger partial charge >= 0.3 is 0 Å². The van der Waals surface area contributed by atoms with Gasteiger partial charge in [-0.3, -0.25) is 0 Å². The quantitative estimate of drug-likeness (QED) is 0.865. The van der Waals surface area contributed by atoms with Crippen LogP contribution in [-0.2, 0) is 4.74 Å². The second-order valence-electron chi connectivity index (χ2n) is 4.26. The lowest BCUT2D eigenvalue weighted by Crippen LogP contribution is -2.18. The van der Waals surface area contributed by atoms with E-state index in [9.17, 15) is 0 Å². The molecule has 0 aromatic heterocycles. The molecule has 94 valence electrons. The number of rotatable bonds is 3. The van der Waals surface area contributed by atoms with Gasteiger partial charge in [-0.1, -0.05) is 11.6 Å². The van der Waals surface area contributed by atoms with Crippen LogP contribution < -0.4 is 10.5 Å². The average molecular weight is 321 g/mol. The van der Waals surface area contributed by atoms with Crippen molar-refractivity contribution in [2.24, 2.45) is 0 Å². The van der Waals surface area contributed by atoms with E-state index in [2.05, 4.69) is 22.9 Å². The van der Waals surface area contributed by atoms with Crippen LogP contribution in [0.5, 0.6) is 5.75 Å². The number of halogens is 2. The van der Waals surface area contributed by atoms with Gasteiger partial charge in [-0.15, -0.1) is 0 Å². The predicted molar refractivity (Wildman–Crippen MR) is 72.6 cm³/mol. The van der Waals surface area contributed by atoms with Crippen LogP contribution in [0.25, 0.3) is 0 Å². The van der Waals surface area contributed by atoms with Crippen LogP contribution in [0.2, 0.25) is 5.02 Å². The van der Waals surface area contributed by atoms with Crippen molar-refractivity contribution in [3.63, 3.8) is 0 Å². The fourth-order valence-corrected chi connectivity index (χ4v) is 2.87. The Morgan fingerprint density at radius 3 is 2.88 bits per heavy atom. The van der Waals surface area contributed by atoms with Crippen molar-refractivity contribution in [3.8, 4) is 5.75 Å². The van der Waals surface area contributed by atoms with Gasteiger partial charge in [0.1, 0.15) is 6.61 Å². The summed E-state index contributed by atoms with van der Waals surface area (Å²) in [7, 11) is 0. The molecule has 1 fully saturated rings. The second-order valence-corrected chi connectivity index (χ2v) is 5.55. The lowest BCUT2D eigenvalue weighted by Gasteiger charge is -2.15. The predicted octanol–water partition coefficient (Wildman–Crippen LogP) is 3.63. The van der Waals surface area contributed by atoms with Crippen molar-refractivity contribution in [3.05, 3.63) is 21.6 Å². The first-order chi connectivity index (χ1) is 8.06. The molecule has 3 nitrogen and oxygen atoms in total. The molecule has 1 saturated heterocycles. The summed E-state index contributed by atoms with van der Waals surface area (Å²) < 4.78 is 12.2. The van der Waals surface area contributed by atoms with Gasteiger partial charge in [-0.05, 0) is 47.8 Å². The van der Waals surface area contributed by atoms with Crippen LogP contribution in [0.1, 0.15) is 19.8 Å². The zero-order chi connectivity index (χ0) is 12.4. The molecule has 0 amide bonds. The highest BCUT2D eigenvalue weighted by Gasteiger charge is 2.22. The largest absolute Gasteiger partial charge is 0.488 e. The molecule has 2 atom stereocenters. The van der Waals surface area contributed by atoms with Crippen LogP contribution in [0.4, 0.5) is 5.69 Å². The Morgan fingerprint density at radius 2 is 2.29 bits per heavy atom. The van der Waals surface area contributed by atoms with Crippen molar-refractivity contribution < 1.29 is 9.47 Å². The second kappa shape index (κ2) is 5.46. The summed E-state index contributed by atoms with van der Waals surface area (Å²) in [5.41, 5.74) is 6.39. The third-order valence-corrected chi connectivity index (χ3v) is 3.58. The summed E-state index contributed by atoms with van der Waals surface area (Å²) in [6, 6.07) is 3.45. The topological polar surface area (TPSA) is 44.5 Å². The molecule has 0 spiro atoms. The van der Waals surface area contributed by atoms with E-state index in [1.165, 1.54) is 0 Å². The highest BCUT2D eigenvalue weighted by atomic mass is 79.9. The van der Waals surface area contributed by atoms with Gasteiger partial charge in [-0.2, -0.15) is 0 Å². The molecule has 5 heteroatoms. The summed E-state index contributed by atoms with van der Waals surface area (Å²) >= 11 is 9.27. The van der Waals surface area contributed by atoms with Crippen LogP contribution in [0.3, 0.4) is 0 Å². The number of ether oxygens (including phenoxy) is 2. The van der Waals surface area contributed by atoms with Crippen molar-refractivity contribution in [1.29, 1.82) is 0 Å². The third-order valence-electron chi connectivity index (χ3n) is 2.77. The Hall–Kier alpha value is -0.450. The minimum absolute atomic E-state index is 0.159. The van der Waals surface area contributed by atoms with Crippen LogP contribution in [-0.4, -0.2) is 18.8 Å². The number of anilines is 1. The smallest absolute Gasteiger partial charge is 0.156 e. The SMILES string of the molecule is CC1CCC(COc2c(N)cc(Cl)cc2Br)O1. The van der Waals surface area contributed by atoms with Crippen molar-refractivity contribution in [2.75, 3.05) is 12.3 Å². The van der Waals surface area contributed by atoms with E-state index in [-0.39, 0.29) is 6.10 Å². The van der Waals surface area contributed by atoms with Gasteiger partial charge in [0, 0.05) is 5.02 Å². The lowest BCUT2D eigenvalue weighted by atomic mass is 10.2. The number of hydrogen-bond donors (Lipinski definition) is 1. The van der Waals surface area contributed by atoms with Crippen molar-refractivity contribution in [2.45, 2.75) is 32.0 Å². The molecule has 0 aliphatic carbocycles. The molecule has 0 bridgehead atoms. The van der Waals surface area contributed by atoms with Gasteiger partial charge < -0.3 is 15.2 Å². The maximum atomic E-state index is 5.88. The maximum Gasteiger partial charge on any atom is 0.156 e. The van der Waals surface area contributed by atoms with E-state index in [0.29, 0.717) is 29.2 Å². The van der Waals surface area contributed by atoms with Gasteiger partial charge in [0.05, 0.1) is 22.4 Å². The lowest BCUT2D eigenvalue weighted by molar-refractivity contribution is 0.0265. The zero-order valence-electron chi connectivity index (χ0n) is 9.58. The summed E-state index contributed by atoms with van der Waals surface area (Å²) in [6.45, 7) is 2.60. The van der Waals surface area contributed by atoms with Crippen LogP contribution >= 0.6 is 27.5 Å². The Bertz CT molecular complexity index is 390. The molecular weight excluding hydrogens is 305 g/mol. The normalized spacial score (nSPS) is 23.9. The first kappa shape index (κ1) is 13.0.